The summed E-state index contributed by atoms with van der Waals surface area (Å²) in [5, 5.41) is 0.609. The molecule has 0 saturated carbocycles. The Morgan fingerprint density at radius 2 is 1.65 bits per heavy atom. The number of quaternary nitrogens is 1. The molecule has 2 aliphatic heterocycles. The van der Waals surface area contributed by atoms with Crippen LogP contribution in [-0.2, 0) is 4.79 Å². The minimum atomic E-state index is -0.0424. The Kier molecular flexibility index (Phi) is 5.45. The maximum atomic E-state index is 13.3. The number of piperazine rings is 1. The number of anilines is 2. The van der Waals surface area contributed by atoms with Crippen LogP contribution in [0.2, 0.25) is 5.02 Å². The highest BCUT2D eigenvalue weighted by Crippen LogP contribution is 2.30. The highest BCUT2D eigenvalue weighted by atomic mass is 35.5. The van der Waals surface area contributed by atoms with Gasteiger partial charge in [-0.2, -0.15) is 0 Å². The van der Waals surface area contributed by atoms with Gasteiger partial charge in [0.2, 0.25) is 0 Å². The number of hydrogen-bond acceptors (Lipinski definition) is 3. The Labute approximate surface area is 187 Å². The van der Waals surface area contributed by atoms with Crippen LogP contribution in [-0.4, -0.2) is 44.5 Å². The quantitative estimate of drug-likeness (QED) is 0.689. The van der Waals surface area contributed by atoms with Gasteiger partial charge in [-0.3, -0.25) is 9.69 Å². The van der Waals surface area contributed by atoms with Crippen molar-refractivity contribution in [3.8, 4) is 0 Å². The van der Waals surface area contributed by atoms with Gasteiger partial charge in [-0.05, 0) is 36.4 Å². The number of carbonyl (C=O) groups excluding carboxylic acids is 1. The maximum absolute atomic E-state index is 13.3. The Balaban J connectivity index is 1.34. The van der Waals surface area contributed by atoms with E-state index in [9.17, 15) is 4.79 Å². The van der Waals surface area contributed by atoms with Crippen LogP contribution >= 0.6 is 11.6 Å². The van der Waals surface area contributed by atoms with Crippen LogP contribution in [0.25, 0.3) is 0 Å². The summed E-state index contributed by atoms with van der Waals surface area (Å²) in [6.07, 6.45) is 0. The molecule has 31 heavy (non-hydrogen) atoms. The lowest BCUT2D eigenvalue weighted by atomic mass is 10.1. The van der Waals surface area contributed by atoms with Gasteiger partial charge in [0, 0.05) is 16.3 Å². The van der Waals surface area contributed by atoms with Crippen LogP contribution in [0.15, 0.2) is 83.9 Å². The van der Waals surface area contributed by atoms with Crippen molar-refractivity contribution in [1.82, 2.24) is 0 Å². The number of halogens is 1. The molecule has 3 aromatic carbocycles. The monoisotopic (exact) mass is 431 g/mol. The van der Waals surface area contributed by atoms with Crippen LogP contribution < -0.4 is 14.7 Å². The summed E-state index contributed by atoms with van der Waals surface area (Å²) in [7, 11) is 0. The summed E-state index contributed by atoms with van der Waals surface area (Å²) < 4.78 is 0. The topological polar surface area (TPSA) is 40.4 Å². The van der Waals surface area contributed by atoms with Crippen LogP contribution in [0.1, 0.15) is 5.56 Å². The molecule has 0 aromatic heterocycles. The van der Waals surface area contributed by atoms with E-state index < -0.39 is 0 Å². The number of carbonyl (C=O) groups is 1. The molecule has 6 heteroatoms. The van der Waals surface area contributed by atoms with Gasteiger partial charge in [0.05, 0.1) is 37.6 Å². The molecule has 0 bridgehead atoms. The lowest BCUT2D eigenvalue weighted by Gasteiger charge is -2.35. The zero-order chi connectivity index (χ0) is 21.2. The second-order valence-corrected chi connectivity index (χ2v) is 8.36. The molecule has 5 nitrogen and oxygen atoms in total. The molecule has 156 valence electrons. The largest absolute Gasteiger partial charge is 0.360 e. The zero-order valence-corrected chi connectivity index (χ0v) is 17.9. The Hall–Kier alpha value is -3.15. The molecule has 5 rings (SSSR count). The average Bonchev–Trinajstić information content (AvgIpc) is 3.06. The van der Waals surface area contributed by atoms with E-state index in [1.165, 1.54) is 10.6 Å². The fourth-order valence-corrected chi connectivity index (χ4v) is 4.49. The van der Waals surface area contributed by atoms with Crippen molar-refractivity contribution in [3.63, 3.8) is 0 Å². The number of amides is 1. The Bertz CT molecular complexity index is 1120. The van der Waals surface area contributed by atoms with E-state index in [0.717, 1.165) is 37.4 Å². The summed E-state index contributed by atoms with van der Waals surface area (Å²) in [5.74, 6) is -0.0424. The van der Waals surface area contributed by atoms with Crippen LogP contribution in [0.4, 0.5) is 17.1 Å². The molecule has 2 heterocycles. The normalized spacial score (nSPS) is 18.0. The third-order valence-corrected chi connectivity index (χ3v) is 6.16. The summed E-state index contributed by atoms with van der Waals surface area (Å²) in [6, 6.07) is 25.7. The van der Waals surface area contributed by atoms with Crippen molar-refractivity contribution in [2.75, 3.05) is 42.6 Å². The van der Waals surface area contributed by atoms with Gasteiger partial charge < -0.3 is 9.80 Å². The van der Waals surface area contributed by atoms with Crippen LogP contribution in [0.3, 0.4) is 0 Å². The van der Waals surface area contributed by atoms with Crippen molar-refractivity contribution in [1.29, 1.82) is 0 Å². The SMILES string of the molecule is O=C1C(=Nc2cccc(Cl)c2)c2ccccc2N1C[NH+]1CCN(c2ccccc2)CC1. The Morgan fingerprint density at radius 3 is 2.42 bits per heavy atom. The fraction of sp³-hybridized carbons (Fsp3) is 0.200. The second-order valence-electron chi connectivity index (χ2n) is 7.92. The van der Waals surface area contributed by atoms with Gasteiger partial charge in [-0.15, -0.1) is 0 Å². The minimum absolute atomic E-state index is 0.0424. The van der Waals surface area contributed by atoms with Crippen molar-refractivity contribution in [3.05, 3.63) is 89.4 Å². The van der Waals surface area contributed by atoms with Gasteiger partial charge >= 0.3 is 0 Å². The van der Waals surface area contributed by atoms with Crippen molar-refractivity contribution in [2.45, 2.75) is 0 Å². The van der Waals surface area contributed by atoms with E-state index in [2.05, 4.69) is 34.2 Å². The van der Waals surface area contributed by atoms with Crippen molar-refractivity contribution in [2.24, 2.45) is 4.99 Å². The molecule has 0 radical (unpaired) electrons. The highest BCUT2D eigenvalue weighted by molar-refractivity contribution is 6.54. The number of nitrogens with zero attached hydrogens (tertiary/aromatic N) is 3. The molecule has 0 spiro atoms. The molecule has 0 unspecified atom stereocenters. The van der Waals surface area contributed by atoms with Gasteiger partial charge in [0.1, 0.15) is 5.71 Å². The second kappa shape index (κ2) is 8.53. The third kappa shape index (κ3) is 4.07. The Morgan fingerprint density at radius 1 is 0.903 bits per heavy atom. The first-order valence-electron chi connectivity index (χ1n) is 10.6. The predicted molar refractivity (Wildman–Crippen MR) is 126 cm³/mol. The molecular formula is C25H24ClN4O+. The van der Waals surface area contributed by atoms with Gasteiger partial charge in [-0.25, -0.2) is 4.99 Å². The van der Waals surface area contributed by atoms with E-state index in [0.29, 0.717) is 23.1 Å². The summed E-state index contributed by atoms with van der Waals surface area (Å²) in [4.78, 5) is 23.7. The number of nitrogens with one attached hydrogen (secondary N) is 1. The number of para-hydroxylation sites is 2. The van der Waals surface area contributed by atoms with E-state index >= 15 is 0 Å². The van der Waals surface area contributed by atoms with Crippen LogP contribution in [0.5, 0.6) is 0 Å². The first kappa shape index (κ1) is 19.8. The van der Waals surface area contributed by atoms with Gasteiger partial charge in [0.25, 0.3) is 5.91 Å². The lowest BCUT2D eigenvalue weighted by molar-refractivity contribution is -0.899. The molecule has 1 fully saturated rings. The molecule has 0 aliphatic carbocycles. The summed E-state index contributed by atoms with van der Waals surface area (Å²) >= 11 is 6.11. The molecule has 0 atom stereocenters. The van der Waals surface area contributed by atoms with E-state index in [1.54, 1.807) is 12.1 Å². The average molecular weight is 432 g/mol. The van der Waals surface area contributed by atoms with Crippen molar-refractivity contribution < 1.29 is 9.69 Å². The highest BCUT2D eigenvalue weighted by Gasteiger charge is 2.36. The summed E-state index contributed by atoms with van der Waals surface area (Å²) in [5.41, 5.74) is 4.26. The van der Waals surface area contributed by atoms with E-state index in [-0.39, 0.29) is 5.91 Å². The zero-order valence-electron chi connectivity index (χ0n) is 17.2. The van der Waals surface area contributed by atoms with Crippen LogP contribution in [0, 0.1) is 0 Å². The number of benzene rings is 3. The minimum Gasteiger partial charge on any atom is -0.360 e. The fourth-order valence-electron chi connectivity index (χ4n) is 4.30. The number of fused-ring (bicyclic) bond motifs is 1. The maximum Gasteiger partial charge on any atom is 0.281 e. The van der Waals surface area contributed by atoms with E-state index in [4.69, 9.17) is 11.6 Å². The molecule has 1 amide bonds. The van der Waals surface area contributed by atoms with Crippen molar-refractivity contribution >= 4 is 40.3 Å². The molecule has 2 aliphatic rings. The molecule has 1 N–H and O–H groups in total. The first-order chi connectivity index (χ1) is 15.2. The van der Waals surface area contributed by atoms with Gasteiger partial charge in [-0.1, -0.05) is 54.1 Å². The standard InChI is InChI=1S/C25H23ClN4O/c26-19-7-6-8-20(17-19)27-24-22-11-4-5-12-23(22)30(25(24)31)18-28-13-15-29(16-14-28)21-9-2-1-3-10-21/h1-12,17H,13-16,18H2/p+1. The predicted octanol–water partition coefficient (Wildman–Crippen LogP) is 3.17. The number of aliphatic imine (C=N–C) groups is 1. The molecular weight excluding hydrogens is 408 g/mol. The molecule has 1 saturated heterocycles. The molecule has 3 aromatic rings. The van der Waals surface area contributed by atoms with E-state index in [1.807, 2.05) is 47.4 Å². The smallest absolute Gasteiger partial charge is 0.281 e. The first-order valence-corrected chi connectivity index (χ1v) is 11.0. The summed E-state index contributed by atoms with van der Waals surface area (Å²) in [6.45, 7) is 4.58. The van der Waals surface area contributed by atoms with Gasteiger partial charge in [0.15, 0.2) is 6.67 Å². The number of hydrogen-bond donors (Lipinski definition) is 1. The lowest BCUT2D eigenvalue weighted by Crippen LogP contribution is -3.16. The third-order valence-electron chi connectivity index (χ3n) is 5.92. The number of rotatable bonds is 4.